The number of anilines is 6. The summed E-state index contributed by atoms with van der Waals surface area (Å²) in [6.45, 7) is 0. The highest BCUT2D eigenvalue weighted by Gasteiger charge is 2.18. The summed E-state index contributed by atoms with van der Waals surface area (Å²) in [5, 5.41) is 5.02. The fourth-order valence-electron chi connectivity index (χ4n) is 11.3. The highest BCUT2D eigenvalue weighted by Crippen LogP contribution is 2.41. The Morgan fingerprint density at radius 2 is 0.436 bits per heavy atom. The van der Waals surface area contributed by atoms with Crippen LogP contribution in [0.3, 0.4) is 0 Å². The third-order valence-corrected chi connectivity index (χ3v) is 15.1. The standard InChI is InChI=1S/C74H52N4/c1-3-15-55(16-4-1)57-33-41-61(42-34-57)75(63-45-49-65(50-46-63)77-71-23-11-7-19-67(71)68-20-8-12-24-72(68)77)59-37-29-53(30-38-59)27-28-54-31-39-60(40-32-54)76(62-43-35-58(36-44-62)56-17-5-2-6-18-56)64-47-51-66(52-48-64)78-73-25-13-9-21-69(73)70-22-10-14-26-74(70)78/h1-52H/b28-27+. The fourth-order valence-corrected chi connectivity index (χ4v) is 11.3. The molecule has 0 fully saturated rings. The van der Waals surface area contributed by atoms with E-state index in [1.54, 1.807) is 0 Å². The van der Waals surface area contributed by atoms with Gasteiger partial charge in [0.05, 0.1) is 22.1 Å². The van der Waals surface area contributed by atoms with Crippen LogP contribution in [0.15, 0.2) is 303 Å². The van der Waals surface area contributed by atoms with Crippen molar-refractivity contribution in [2.45, 2.75) is 0 Å². The molecule has 0 spiro atoms. The van der Waals surface area contributed by atoms with Gasteiger partial charge < -0.3 is 18.9 Å². The molecule has 0 N–H and O–H groups in total. The minimum Gasteiger partial charge on any atom is -0.311 e. The van der Waals surface area contributed by atoms with E-state index in [-0.39, 0.29) is 0 Å². The van der Waals surface area contributed by atoms with Crippen LogP contribution in [-0.4, -0.2) is 9.13 Å². The second-order valence-corrected chi connectivity index (χ2v) is 19.8. The van der Waals surface area contributed by atoms with Gasteiger partial charge in [-0.3, -0.25) is 0 Å². The summed E-state index contributed by atoms with van der Waals surface area (Å²) in [6, 6.07) is 109. The van der Waals surface area contributed by atoms with E-state index >= 15 is 0 Å². The van der Waals surface area contributed by atoms with Crippen molar-refractivity contribution in [3.8, 4) is 33.6 Å². The lowest BCUT2D eigenvalue weighted by atomic mass is 10.0. The van der Waals surface area contributed by atoms with Gasteiger partial charge in [0, 0.05) is 67.0 Å². The summed E-state index contributed by atoms with van der Waals surface area (Å²) in [6.07, 6.45) is 4.40. The lowest BCUT2D eigenvalue weighted by Gasteiger charge is -2.26. The van der Waals surface area contributed by atoms with E-state index in [1.807, 2.05) is 0 Å². The highest BCUT2D eigenvalue weighted by atomic mass is 15.1. The molecule has 0 aliphatic carbocycles. The number of hydrogen-bond acceptors (Lipinski definition) is 2. The van der Waals surface area contributed by atoms with E-state index in [1.165, 1.54) is 65.9 Å². The number of benzene rings is 12. The Kier molecular flexibility index (Phi) is 11.8. The van der Waals surface area contributed by atoms with Crippen LogP contribution in [-0.2, 0) is 0 Å². The second kappa shape index (κ2) is 20.0. The monoisotopic (exact) mass is 996 g/mol. The largest absolute Gasteiger partial charge is 0.311 e. The first kappa shape index (κ1) is 46.1. The molecule has 12 aromatic carbocycles. The first-order valence-electron chi connectivity index (χ1n) is 26.7. The summed E-state index contributed by atoms with van der Waals surface area (Å²) < 4.78 is 4.74. The molecular formula is C74H52N4. The molecule has 0 saturated heterocycles. The molecule has 0 bridgehead atoms. The van der Waals surface area contributed by atoms with Crippen molar-refractivity contribution in [1.29, 1.82) is 0 Å². The molecule has 0 amide bonds. The average molecular weight is 997 g/mol. The minimum atomic E-state index is 1.08. The maximum Gasteiger partial charge on any atom is 0.0541 e. The van der Waals surface area contributed by atoms with Crippen molar-refractivity contribution in [2.75, 3.05) is 9.80 Å². The van der Waals surface area contributed by atoms with Gasteiger partial charge in [0.15, 0.2) is 0 Å². The predicted molar refractivity (Wildman–Crippen MR) is 331 cm³/mol. The lowest BCUT2D eigenvalue weighted by Crippen LogP contribution is -2.10. The molecule has 0 radical (unpaired) electrons. The van der Waals surface area contributed by atoms with Crippen LogP contribution < -0.4 is 9.80 Å². The summed E-state index contributed by atoms with van der Waals surface area (Å²) >= 11 is 0. The number of para-hydroxylation sites is 4. The second-order valence-electron chi connectivity index (χ2n) is 19.8. The number of rotatable bonds is 12. The van der Waals surface area contributed by atoms with Crippen LogP contribution in [0, 0.1) is 0 Å². The number of fused-ring (bicyclic) bond motifs is 6. The maximum absolute atomic E-state index is 2.37. The molecule has 78 heavy (non-hydrogen) atoms. The molecular weight excluding hydrogens is 945 g/mol. The molecule has 4 nitrogen and oxygen atoms in total. The topological polar surface area (TPSA) is 16.3 Å². The van der Waals surface area contributed by atoms with Gasteiger partial charge in [0.1, 0.15) is 0 Å². The summed E-state index contributed by atoms with van der Waals surface area (Å²) in [5.41, 5.74) is 20.5. The van der Waals surface area contributed by atoms with Crippen LogP contribution in [0.4, 0.5) is 34.1 Å². The zero-order valence-electron chi connectivity index (χ0n) is 42.8. The van der Waals surface area contributed by atoms with Gasteiger partial charge >= 0.3 is 0 Å². The maximum atomic E-state index is 2.37. The molecule has 14 aromatic rings. The molecule has 0 atom stereocenters. The van der Waals surface area contributed by atoms with Crippen LogP contribution in [0.1, 0.15) is 11.1 Å². The van der Waals surface area contributed by atoms with E-state index in [0.29, 0.717) is 0 Å². The average Bonchev–Trinajstić information content (AvgIpc) is 4.18. The van der Waals surface area contributed by atoms with E-state index < -0.39 is 0 Å². The van der Waals surface area contributed by atoms with E-state index in [0.717, 1.165) is 56.6 Å². The van der Waals surface area contributed by atoms with Crippen molar-refractivity contribution in [2.24, 2.45) is 0 Å². The summed E-state index contributed by atoms with van der Waals surface area (Å²) in [7, 11) is 0. The Hall–Kier alpha value is -10.4. The Balaban J connectivity index is 0.762. The Labute approximate surface area is 454 Å². The zero-order chi connectivity index (χ0) is 51.8. The molecule has 0 aliphatic rings. The minimum absolute atomic E-state index is 1.08. The normalized spacial score (nSPS) is 11.5. The molecule has 14 rings (SSSR count). The molecule has 2 heterocycles. The molecule has 0 unspecified atom stereocenters. The molecule has 0 saturated carbocycles. The van der Waals surface area contributed by atoms with Gasteiger partial charge in [-0.15, -0.1) is 0 Å². The van der Waals surface area contributed by atoms with E-state index in [2.05, 4.69) is 334 Å². The summed E-state index contributed by atoms with van der Waals surface area (Å²) in [4.78, 5) is 4.69. The first-order chi connectivity index (χ1) is 38.7. The van der Waals surface area contributed by atoms with E-state index in [9.17, 15) is 0 Å². The van der Waals surface area contributed by atoms with Crippen molar-refractivity contribution in [3.63, 3.8) is 0 Å². The van der Waals surface area contributed by atoms with Gasteiger partial charge in [0.2, 0.25) is 0 Å². The van der Waals surface area contributed by atoms with Crippen molar-refractivity contribution >= 4 is 89.9 Å². The lowest BCUT2D eigenvalue weighted by molar-refractivity contribution is 1.17. The van der Waals surface area contributed by atoms with Crippen molar-refractivity contribution in [1.82, 2.24) is 9.13 Å². The van der Waals surface area contributed by atoms with Crippen LogP contribution in [0.2, 0.25) is 0 Å². The van der Waals surface area contributed by atoms with Crippen LogP contribution in [0.5, 0.6) is 0 Å². The third kappa shape index (κ3) is 8.58. The predicted octanol–water partition coefficient (Wildman–Crippen LogP) is 20.3. The summed E-state index contributed by atoms with van der Waals surface area (Å²) in [5.74, 6) is 0. The SMILES string of the molecule is C(=C\c1ccc(N(c2ccc(-c3ccccc3)cc2)c2ccc(-n3c4ccccc4c4ccccc43)cc2)cc1)/c1ccc(N(c2ccc(-c3ccccc3)cc2)c2ccc(-n3c4ccccc4c4ccccc43)cc2)cc1. The van der Waals surface area contributed by atoms with Crippen LogP contribution in [0.25, 0.3) is 89.4 Å². The molecule has 4 heteroatoms. The highest BCUT2D eigenvalue weighted by molar-refractivity contribution is 6.10. The van der Waals surface area contributed by atoms with Gasteiger partial charge in [-0.25, -0.2) is 0 Å². The molecule has 0 aliphatic heterocycles. The van der Waals surface area contributed by atoms with E-state index in [4.69, 9.17) is 0 Å². The smallest absolute Gasteiger partial charge is 0.0541 e. The first-order valence-corrected chi connectivity index (χ1v) is 26.7. The number of nitrogens with zero attached hydrogens (tertiary/aromatic N) is 4. The van der Waals surface area contributed by atoms with Crippen molar-refractivity contribution < 1.29 is 0 Å². The Morgan fingerprint density at radius 3 is 0.731 bits per heavy atom. The fraction of sp³-hybridized carbons (Fsp3) is 0. The van der Waals surface area contributed by atoms with Gasteiger partial charge in [-0.2, -0.15) is 0 Å². The Bertz CT molecular complexity index is 4030. The number of aromatic nitrogens is 2. The molecule has 2 aromatic heterocycles. The van der Waals surface area contributed by atoms with Crippen molar-refractivity contribution in [3.05, 3.63) is 314 Å². The quantitative estimate of drug-likeness (QED) is 0.113. The van der Waals surface area contributed by atoms with Gasteiger partial charge in [-0.05, 0) is 155 Å². The Morgan fingerprint density at radius 1 is 0.205 bits per heavy atom. The van der Waals surface area contributed by atoms with Gasteiger partial charge in [-0.1, -0.05) is 194 Å². The molecule has 368 valence electrons. The van der Waals surface area contributed by atoms with Crippen LogP contribution >= 0.6 is 0 Å². The van der Waals surface area contributed by atoms with Gasteiger partial charge in [0.25, 0.3) is 0 Å². The zero-order valence-corrected chi connectivity index (χ0v) is 42.8. The third-order valence-electron chi connectivity index (χ3n) is 15.1. The number of hydrogen-bond donors (Lipinski definition) is 0.